The van der Waals surface area contributed by atoms with Crippen molar-refractivity contribution in [3.63, 3.8) is 0 Å². The zero-order valence-electron chi connectivity index (χ0n) is 13.8. The molecular weight excluding hydrogens is 310 g/mol. The van der Waals surface area contributed by atoms with Crippen LogP contribution in [0.2, 0.25) is 0 Å². The number of aryl methyl sites for hydroxylation is 1. The second-order valence-electron chi connectivity index (χ2n) is 5.13. The van der Waals surface area contributed by atoms with E-state index in [9.17, 15) is 4.79 Å². The van der Waals surface area contributed by atoms with Gasteiger partial charge in [0.05, 0.1) is 19.5 Å². The van der Waals surface area contributed by atoms with E-state index in [2.05, 4.69) is 5.32 Å². The van der Waals surface area contributed by atoms with E-state index in [1.807, 2.05) is 38.1 Å². The number of hydrogen-bond donors (Lipinski definition) is 1. The van der Waals surface area contributed by atoms with Gasteiger partial charge >= 0.3 is 0 Å². The van der Waals surface area contributed by atoms with Gasteiger partial charge in [-0.2, -0.15) is 0 Å². The van der Waals surface area contributed by atoms with Gasteiger partial charge in [-0.15, -0.1) is 11.8 Å². The lowest BCUT2D eigenvalue weighted by Crippen LogP contribution is -2.22. The molecule has 2 aromatic carbocycles. The lowest BCUT2D eigenvalue weighted by Gasteiger charge is -2.14. The van der Waals surface area contributed by atoms with E-state index in [1.54, 1.807) is 32.4 Å². The first-order chi connectivity index (χ1) is 11.0. The molecule has 0 spiro atoms. The minimum absolute atomic E-state index is 0.0530. The van der Waals surface area contributed by atoms with Gasteiger partial charge in [-0.25, -0.2) is 0 Å². The first-order valence-corrected chi connectivity index (χ1v) is 8.17. The molecule has 0 heterocycles. The lowest BCUT2D eigenvalue weighted by atomic mass is 10.2. The molecule has 2 rings (SSSR count). The predicted molar refractivity (Wildman–Crippen MR) is 94.7 cm³/mol. The highest BCUT2D eigenvalue weighted by atomic mass is 32.2. The van der Waals surface area contributed by atoms with E-state index in [0.29, 0.717) is 17.2 Å². The second-order valence-corrected chi connectivity index (χ2v) is 6.55. The lowest BCUT2D eigenvalue weighted by molar-refractivity contribution is -0.115. The normalized spacial score (nSPS) is 11.7. The Labute approximate surface area is 141 Å². The van der Waals surface area contributed by atoms with Crippen LogP contribution in [-0.2, 0) is 4.79 Å². The van der Waals surface area contributed by atoms with E-state index < -0.39 is 0 Å². The quantitative estimate of drug-likeness (QED) is 0.809. The maximum Gasteiger partial charge on any atom is 0.237 e. The summed E-state index contributed by atoms with van der Waals surface area (Å²) in [5.74, 6) is 1.17. The molecule has 23 heavy (non-hydrogen) atoms. The van der Waals surface area contributed by atoms with Crippen molar-refractivity contribution in [2.45, 2.75) is 24.0 Å². The van der Waals surface area contributed by atoms with Crippen LogP contribution in [0.1, 0.15) is 12.5 Å². The van der Waals surface area contributed by atoms with Gasteiger partial charge in [0.1, 0.15) is 0 Å². The van der Waals surface area contributed by atoms with Crippen LogP contribution in [0.3, 0.4) is 0 Å². The maximum atomic E-state index is 12.3. The summed E-state index contributed by atoms with van der Waals surface area (Å²) < 4.78 is 10.4. The molecule has 0 aliphatic heterocycles. The maximum absolute atomic E-state index is 12.3. The van der Waals surface area contributed by atoms with Gasteiger partial charge in [0, 0.05) is 16.6 Å². The third-order valence-electron chi connectivity index (χ3n) is 3.35. The van der Waals surface area contributed by atoms with Crippen molar-refractivity contribution in [2.75, 3.05) is 19.5 Å². The number of nitrogens with one attached hydrogen (secondary N) is 1. The molecule has 1 amide bonds. The number of carbonyl (C=O) groups excluding carboxylic acids is 1. The predicted octanol–water partition coefficient (Wildman–Crippen LogP) is 4.13. The summed E-state index contributed by atoms with van der Waals surface area (Å²) in [4.78, 5) is 13.4. The topological polar surface area (TPSA) is 47.6 Å². The van der Waals surface area contributed by atoms with Gasteiger partial charge in [0.25, 0.3) is 0 Å². The number of benzene rings is 2. The molecular formula is C18H21NO3S. The zero-order chi connectivity index (χ0) is 16.8. The first-order valence-electron chi connectivity index (χ1n) is 7.29. The highest BCUT2D eigenvalue weighted by Gasteiger charge is 2.15. The fourth-order valence-corrected chi connectivity index (χ4v) is 2.90. The molecule has 0 saturated heterocycles. The van der Waals surface area contributed by atoms with E-state index in [-0.39, 0.29) is 11.2 Å². The van der Waals surface area contributed by atoms with Crippen molar-refractivity contribution in [1.29, 1.82) is 0 Å². The van der Waals surface area contributed by atoms with Gasteiger partial charge in [-0.05, 0) is 38.1 Å². The summed E-state index contributed by atoms with van der Waals surface area (Å²) >= 11 is 1.53. The number of hydrogen-bond acceptors (Lipinski definition) is 4. The first kappa shape index (κ1) is 17.2. The Balaban J connectivity index is 2.01. The number of rotatable bonds is 6. The summed E-state index contributed by atoms with van der Waals surface area (Å²) in [6.45, 7) is 3.93. The molecule has 0 bridgehead atoms. The van der Waals surface area contributed by atoms with Crippen molar-refractivity contribution >= 4 is 23.4 Å². The Hall–Kier alpha value is -2.14. The number of amides is 1. The summed E-state index contributed by atoms with van der Waals surface area (Å²) in [5, 5.41) is 2.70. The molecule has 1 atom stereocenters. The molecule has 0 fully saturated rings. The number of thioether (sulfide) groups is 1. The van der Waals surface area contributed by atoms with Crippen LogP contribution in [0, 0.1) is 6.92 Å². The highest BCUT2D eigenvalue weighted by Crippen LogP contribution is 2.30. The van der Waals surface area contributed by atoms with E-state index >= 15 is 0 Å². The Bertz CT molecular complexity index is 670. The van der Waals surface area contributed by atoms with E-state index in [4.69, 9.17) is 9.47 Å². The smallest absolute Gasteiger partial charge is 0.237 e. The van der Waals surface area contributed by atoms with Crippen LogP contribution in [0.15, 0.2) is 47.4 Å². The largest absolute Gasteiger partial charge is 0.493 e. The van der Waals surface area contributed by atoms with Gasteiger partial charge in [-0.1, -0.05) is 17.7 Å². The Morgan fingerprint density at radius 3 is 2.30 bits per heavy atom. The molecule has 0 radical (unpaired) electrons. The Kier molecular flexibility index (Phi) is 5.93. The summed E-state index contributed by atoms with van der Waals surface area (Å²) in [5.41, 5.74) is 1.89. The summed E-state index contributed by atoms with van der Waals surface area (Å²) in [7, 11) is 3.15. The molecule has 0 aliphatic carbocycles. The Morgan fingerprint density at radius 1 is 1.04 bits per heavy atom. The fourth-order valence-electron chi connectivity index (χ4n) is 2.03. The molecule has 2 aromatic rings. The Morgan fingerprint density at radius 2 is 1.70 bits per heavy atom. The van der Waals surface area contributed by atoms with Gasteiger partial charge < -0.3 is 14.8 Å². The van der Waals surface area contributed by atoms with Crippen LogP contribution >= 0.6 is 11.8 Å². The van der Waals surface area contributed by atoms with Gasteiger partial charge in [-0.3, -0.25) is 4.79 Å². The van der Waals surface area contributed by atoms with Crippen LogP contribution in [-0.4, -0.2) is 25.4 Å². The molecule has 0 aliphatic rings. The van der Waals surface area contributed by atoms with E-state index in [1.165, 1.54) is 17.3 Å². The SMILES string of the molecule is COc1ccc(NC(=O)C(C)Sc2ccc(C)cc2)cc1OC. The van der Waals surface area contributed by atoms with Crippen LogP contribution in [0.4, 0.5) is 5.69 Å². The number of methoxy groups -OCH3 is 2. The van der Waals surface area contributed by atoms with Crippen molar-refractivity contribution in [2.24, 2.45) is 0 Å². The fraction of sp³-hybridized carbons (Fsp3) is 0.278. The van der Waals surface area contributed by atoms with Crippen molar-refractivity contribution in [1.82, 2.24) is 0 Å². The molecule has 0 saturated carbocycles. The van der Waals surface area contributed by atoms with Crippen LogP contribution in [0.5, 0.6) is 11.5 Å². The molecule has 122 valence electrons. The van der Waals surface area contributed by atoms with Crippen LogP contribution in [0.25, 0.3) is 0 Å². The van der Waals surface area contributed by atoms with Crippen LogP contribution < -0.4 is 14.8 Å². The van der Waals surface area contributed by atoms with Crippen molar-refractivity contribution in [3.05, 3.63) is 48.0 Å². The van der Waals surface area contributed by atoms with Crippen molar-refractivity contribution < 1.29 is 14.3 Å². The summed E-state index contributed by atoms with van der Waals surface area (Å²) in [6.07, 6.45) is 0. The van der Waals surface area contributed by atoms with E-state index in [0.717, 1.165) is 4.90 Å². The van der Waals surface area contributed by atoms with Gasteiger partial charge in [0.15, 0.2) is 11.5 Å². The number of ether oxygens (including phenoxy) is 2. The monoisotopic (exact) mass is 331 g/mol. The molecule has 1 N–H and O–H groups in total. The second kappa shape index (κ2) is 7.92. The number of carbonyl (C=O) groups is 1. The molecule has 4 nitrogen and oxygen atoms in total. The average molecular weight is 331 g/mol. The highest BCUT2D eigenvalue weighted by molar-refractivity contribution is 8.00. The standard InChI is InChI=1S/C18H21NO3S/c1-12-5-8-15(9-6-12)23-13(2)18(20)19-14-7-10-16(21-3)17(11-14)22-4/h5-11,13H,1-4H3,(H,19,20). The van der Waals surface area contributed by atoms with Gasteiger partial charge in [0.2, 0.25) is 5.91 Å². The number of anilines is 1. The zero-order valence-corrected chi connectivity index (χ0v) is 14.6. The molecule has 1 unspecified atom stereocenters. The summed E-state index contributed by atoms with van der Waals surface area (Å²) in [6, 6.07) is 13.5. The average Bonchev–Trinajstić information content (AvgIpc) is 2.56. The molecule has 0 aromatic heterocycles. The minimum atomic E-state index is -0.203. The molecule has 5 heteroatoms. The minimum Gasteiger partial charge on any atom is -0.493 e. The third-order valence-corrected chi connectivity index (χ3v) is 4.47. The van der Waals surface area contributed by atoms with Crippen molar-refractivity contribution in [3.8, 4) is 11.5 Å². The third kappa shape index (κ3) is 4.66.